The van der Waals surface area contributed by atoms with Crippen molar-refractivity contribution in [3.05, 3.63) is 17.7 Å². The number of carbonyl (C=O) groups is 2. The molecule has 0 atom stereocenters. The topological polar surface area (TPSA) is 77.1 Å². The van der Waals surface area contributed by atoms with Gasteiger partial charge in [0.2, 0.25) is 11.8 Å². The van der Waals surface area contributed by atoms with Crippen molar-refractivity contribution in [1.29, 1.82) is 0 Å². The van der Waals surface area contributed by atoms with Gasteiger partial charge in [0.1, 0.15) is 10.1 Å². The molecule has 1 aromatic carbocycles. The number of unbranched alkanes of at least 4 members (excludes halogenated alkanes) is 1. The fraction of sp³-hybridized carbons (Fsp3) is 0.500. The third kappa shape index (κ3) is 5.74. The van der Waals surface area contributed by atoms with Crippen LogP contribution in [0.2, 0.25) is 0 Å². The van der Waals surface area contributed by atoms with E-state index in [-0.39, 0.29) is 11.8 Å². The standard InChI is InChI=1S/C18H24N2O5S2/c1-23-13-9-15(25-3)14(24-2)8-12(13)10-19-16(21)6-4-5-7-20-17(22)11-27-18(20)26/h8-9H,4-7,10-11H2,1-3H3,(H,19,21). The van der Waals surface area contributed by atoms with Crippen LogP contribution in [0.5, 0.6) is 17.2 Å². The highest BCUT2D eigenvalue weighted by Crippen LogP contribution is 2.34. The third-order valence-electron chi connectivity index (χ3n) is 4.14. The zero-order chi connectivity index (χ0) is 19.8. The number of nitrogens with one attached hydrogen (secondary N) is 1. The van der Waals surface area contributed by atoms with E-state index in [4.69, 9.17) is 26.4 Å². The Bertz CT molecular complexity index is 695. The largest absolute Gasteiger partial charge is 0.496 e. The number of amides is 2. The number of carbonyl (C=O) groups excluding carboxylic acids is 2. The minimum absolute atomic E-state index is 0.0509. The van der Waals surface area contributed by atoms with Gasteiger partial charge in [-0.3, -0.25) is 14.5 Å². The van der Waals surface area contributed by atoms with E-state index in [9.17, 15) is 9.59 Å². The maximum atomic E-state index is 12.1. The van der Waals surface area contributed by atoms with E-state index in [1.165, 1.54) is 11.8 Å². The molecule has 1 N–H and O–H groups in total. The molecule has 9 heteroatoms. The number of hydrogen-bond acceptors (Lipinski definition) is 7. The molecule has 0 spiro atoms. The number of benzene rings is 1. The second-order valence-electron chi connectivity index (χ2n) is 5.85. The third-order valence-corrected chi connectivity index (χ3v) is 5.57. The quantitative estimate of drug-likeness (QED) is 0.467. The Morgan fingerprint density at radius 1 is 1.15 bits per heavy atom. The summed E-state index contributed by atoms with van der Waals surface area (Å²) >= 11 is 6.52. The fourth-order valence-electron chi connectivity index (χ4n) is 2.67. The van der Waals surface area contributed by atoms with Gasteiger partial charge in [-0.25, -0.2) is 0 Å². The van der Waals surface area contributed by atoms with E-state index >= 15 is 0 Å². The number of nitrogens with zero attached hydrogens (tertiary/aromatic N) is 1. The molecule has 2 amide bonds. The number of thiocarbonyl (C=S) groups is 1. The van der Waals surface area contributed by atoms with E-state index < -0.39 is 0 Å². The molecule has 0 radical (unpaired) electrons. The molecule has 2 rings (SSSR count). The lowest BCUT2D eigenvalue weighted by atomic mass is 10.1. The second-order valence-corrected chi connectivity index (χ2v) is 7.46. The van der Waals surface area contributed by atoms with Crippen molar-refractivity contribution in [2.24, 2.45) is 0 Å². The monoisotopic (exact) mass is 412 g/mol. The Labute approximate surface area is 168 Å². The van der Waals surface area contributed by atoms with Gasteiger partial charge in [-0.15, -0.1) is 0 Å². The highest BCUT2D eigenvalue weighted by Gasteiger charge is 2.25. The molecule has 1 heterocycles. The summed E-state index contributed by atoms with van der Waals surface area (Å²) in [5.41, 5.74) is 0.800. The van der Waals surface area contributed by atoms with Crippen molar-refractivity contribution in [2.45, 2.75) is 25.8 Å². The molecular weight excluding hydrogens is 388 g/mol. The first kappa shape index (κ1) is 21.3. The van der Waals surface area contributed by atoms with Crippen LogP contribution in [-0.4, -0.2) is 54.7 Å². The molecule has 148 valence electrons. The lowest BCUT2D eigenvalue weighted by molar-refractivity contribution is -0.124. The van der Waals surface area contributed by atoms with Crippen LogP contribution in [0, 0.1) is 0 Å². The predicted molar refractivity (Wildman–Crippen MR) is 109 cm³/mol. The van der Waals surface area contributed by atoms with Gasteiger partial charge >= 0.3 is 0 Å². The van der Waals surface area contributed by atoms with Crippen LogP contribution in [0.3, 0.4) is 0 Å². The Balaban J connectivity index is 1.79. The van der Waals surface area contributed by atoms with Gasteiger partial charge in [0.15, 0.2) is 11.5 Å². The summed E-state index contributed by atoms with van der Waals surface area (Å²) in [6.45, 7) is 0.898. The molecule has 0 bridgehead atoms. The molecule has 0 aromatic heterocycles. The first-order valence-corrected chi connectivity index (χ1v) is 9.92. The molecule has 0 saturated carbocycles. The summed E-state index contributed by atoms with van der Waals surface area (Å²) < 4.78 is 16.5. The van der Waals surface area contributed by atoms with Crippen molar-refractivity contribution in [3.63, 3.8) is 0 Å². The Morgan fingerprint density at radius 3 is 2.41 bits per heavy atom. The predicted octanol–water partition coefficient (Wildman–Crippen LogP) is 2.36. The molecule has 7 nitrogen and oxygen atoms in total. The zero-order valence-corrected chi connectivity index (χ0v) is 17.3. The maximum absolute atomic E-state index is 12.1. The molecule has 0 unspecified atom stereocenters. The van der Waals surface area contributed by atoms with Gasteiger partial charge in [0.05, 0.1) is 27.1 Å². The lowest BCUT2D eigenvalue weighted by Crippen LogP contribution is -2.29. The smallest absolute Gasteiger partial charge is 0.238 e. The number of methoxy groups -OCH3 is 3. The molecule has 0 aliphatic carbocycles. The average Bonchev–Trinajstić information content (AvgIpc) is 3.00. The minimum atomic E-state index is -0.0588. The van der Waals surface area contributed by atoms with Crippen LogP contribution in [0.1, 0.15) is 24.8 Å². The van der Waals surface area contributed by atoms with Crippen molar-refractivity contribution < 1.29 is 23.8 Å². The molecule has 1 aliphatic heterocycles. The molecule has 1 aliphatic rings. The first-order valence-electron chi connectivity index (χ1n) is 8.52. The normalized spacial score (nSPS) is 13.7. The summed E-state index contributed by atoms with van der Waals surface area (Å²) in [5, 5.41) is 2.88. The van der Waals surface area contributed by atoms with E-state index in [2.05, 4.69) is 5.32 Å². The van der Waals surface area contributed by atoms with Gasteiger partial charge in [-0.05, 0) is 18.9 Å². The van der Waals surface area contributed by atoms with Crippen LogP contribution < -0.4 is 19.5 Å². The maximum Gasteiger partial charge on any atom is 0.238 e. The highest BCUT2D eigenvalue weighted by molar-refractivity contribution is 8.23. The van der Waals surface area contributed by atoms with Crippen LogP contribution in [0.25, 0.3) is 0 Å². The molecule has 1 saturated heterocycles. The van der Waals surface area contributed by atoms with Gasteiger partial charge in [-0.1, -0.05) is 24.0 Å². The average molecular weight is 413 g/mol. The van der Waals surface area contributed by atoms with Gasteiger partial charge in [0.25, 0.3) is 0 Å². The van der Waals surface area contributed by atoms with E-state index in [1.54, 1.807) is 38.4 Å². The van der Waals surface area contributed by atoms with E-state index in [0.717, 1.165) is 12.0 Å². The number of hydrogen-bond donors (Lipinski definition) is 1. The Morgan fingerprint density at radius 2 is 1.81 bits per heavy atom. The molecule has 1 fully saturated rings. The van der Waals surface area contributed by atoms with Crippen LogP contribution in [0.15, 0.2) is 12.1 Å². The van der Waals surface area contributed by atoms with Crippen LogP contribution >= 0.6 is 24.0 Å². The van der Waals surface area contributed by atoms with E-state index in [0.29, 0.717) is 53.3 Å². The van der Waals surface area contributed by atoms with Crippen molar-refractivity contribution >= 4 is 40.1 Å². The van der Waals surface area contributed by atoms with Crippen molar-refractivity contribution in [3.8, 4) is 17.2 Å². The summed E-state index contributed by atoms with van der Waals surface area (Å²) in [6.07, 6.45) is 1.81. The first-order chi connectivity index (χ1) is 13.0. The van der Waals surface area contributed by atoms with Crippen molar-refractivity contribution in [2.75, 3.05) is 33.6 Å². The van der Waals surface area contributed by atoms with Crippen LogP contribution in [-0.2, 0) is 16.1 Å². The lowest BCUT2D eigenvalue weighted by Gasteiger charge is -2.15. The molecule has 27 heavy (non-hydrogen) atoms. The minimum Gasteiger partial charge on any atom is -0.496 e. The highest BCUT2D eigenvalue weighted by atomic mass is 32.2. The van der Waals surface area contributed by atoms with Crippen LogP contribution in [0.4, 0.5) is 0 Å². The zero-order valence-electron chi connectivity index (χ0n) is 15.7. The van der Waals surface area contributed by atoms with Crippen molar-refractivity contribution in [1.82, 2.24) is 10.2 Å². The molecular formula is C18H24N2O5S2. The van der Waals surface area contributed by atoms with Gasteiger partial charge in [0, 0.05) is 31.1 Å². The number of ether oxygens (including phenoxy) is 3. The summed E-state index contributed by atoms with van der Waals surface area (Å²) in [4.78, 5) is 25.4. The summed E-state index contributed by atoms with van der Waals surface area (Å²) in [6, 6.07) is 3.52. The van der Waals surface area contributed by atoms with Gasteiger partial charge < -0.3 is 19.5 Å². The SMILES string of the molecule is COc1cc(OC)c(OC)cc1CNC(=O)CCCCN1C(=O)CSC1=S. The molecule has 1 aromatic rings. The number of rotatable bonds is 10. The summed E-state index contributed by atoms with van der Waals surface area (Å²) in [7, 11) is 4.68. The van der Waals surface area contributed by atoms with E-state index in [1.807, 2.05) is 0 Å². The number of thioether (sulfide) groups is 1. The Hall–Kier alpha value is -2.00. The fourth-order valence-corrected chi connectivity index (χ4v) is 3.79. The second kappa shape index (κ2) is 10.4. The van der Waals surface area contributed by atoms with Gasteiger partial charge in [-0.2, -0.15) is 0 Å². The summed E-state index contributed by atoms with van der Waals surface area (Å²) in [5.74, 6) is 2.17. The Kier molecular flexibility index (Phi) is 8.18.